The molecule has 2 saturated heterocycles. The molecule has 2 atom stereocenters. The Morgan fingerprint density at radius 2 is 2.07 bits per heavy atom. The fourth-order valence-corrected chi connectivity index (χ4v) is 5.16. The highest BCUT2D eigenvalue weighted by molar-refractivity contribution is 14.0. The monoisotopic (exact) mass is 532 g/mol. The second kappa shape index (κ2) is 13.7. The molecule has 2 aliphatic heterocycles. The summed E-state index contributed by atoms with van der Waals surface area (Å²) in [6, 6.07) is 11.3. The SMILES string of the molecule is CCNC(=NCC1CCCN1CCOC)N1CCC(CSc2ccccc2)C1.I. The normalized spacial score (nSPS) is 22.7. The van der Waals surface area contributed by atoms with Crippen LogP contribution in [0.4, 0.5) is 0 Å². The minimum absolute atomic E-state index is 0. The van der Waals surface area contributed by atoms with Gasteiger partial charge in [0, 0.05) is 50.0 Å². The van der Waals surface area contributed by atoms with E-state index in [1.165, 1.54) is 36.5 Å². The zero-order valence-corrected chi connectivity index (χ0v) is 21.0. The molecule has 2 aliphatic rings. The summed E-state index contributed by atoms with van der Waals surface area (Å²) in [7, 11) is 1.78. The van der Waals surface area contributed by atoms with E-state index in [4.69, 9.17) is 9.73 Å². The van der Waals surface area contributed by atoms with Crippen molar-refractivity contribution in [2.45, 2.75) is 37.1 Å². The fourth-order valence-electron chi connectivity index (χ4n) is 4.11. The number of nitrogens with one attached hydrogen (secondary N) is 1. The molecule has 2 unspecified atom stereocenters. The lowest BCUT2D eigenvalue weighted by molar-refractivity contribution is 0.142. The highest BCUT2D eigenvalue weighted by atomic mass is 127. The molecule has 0 bridgehead atoms. The molecule has 1 aromatic rings. The second-order valence-electron chi connectivity index (χ2n) is 7.74. The third-order valence-electron chi connectivity index (χ3n) is 5.68. The molecule has 1 aromatic carbocycles. The summed E-state index contributed by atoms with van der Waals surface area (Å²) in [5, 5.41) is 3.53. The predicted molar refractivity (Wildman–Crippen MR) is 135 cm³/mol. The number of ether oxygens (including phenoxy) is 1. The van der Waals surface area contributed by atoms with Crippen LogP contribution in [0.1, 0.15) is 26.2 Å². The van der Waals surface area contributed by atoms with E-state index in [0.717, 1.165) is 51.2 Å². The Kier molecular flexibility index (Phi) is 11.7. The third kappa shape index (κ3) is 7.92. The van der Waals surface area contributed by atoms with Crippen LogP contribution in [0.2, 0.25) is 0 Å². The minimum atomic E-state index is 0. The number of likely N-dealkylation sites (tertiary alicyclic amines) is 2. The van der Waals surface area contributed by atoms with Crippen molar-refractivity contribution < 1.29 is 4.74 Å². The molecule has 164 valence electrons. The van der Waals surface area contributed by atoms with Crippen molar-refractivity contribution in [3.05, 3.63) is 30.3 Å². The van der Waals surface area contributed by atoms with Gasteiger partial charge in [-0.1, -0.05) is 18.2 Å². The van der Waals surface area contributed by atoms with E-state index in [2.05, 4.69) is 52.4 Å². The van der Waals surface area contributed by atoms with Gasteiger partial charge in [0.15, 0.2) is 5.96 Å². The number of rotatable bonds is 9. The topological polar surface area (TPSA) is 40.1 Å². The molecular weight excluding hydrogens is 495 g/mol. The van der Waals surface area contributed by atoms with Gasteiger partial charge in [-0.2, -0.15) is 0 Å². The molecular formula is C22H37IN4OS. The number of nitrogens with zero attached hydrogens (tertiary/aromatic N) is 3. The van der Waals surface area contributed by atoms with Crippen LogP contribution < -0.4 is 5.32 Å². The van der Waals surface area contributed by atoms with Crippen LogP contribution in [-0.2, 0) is 4.74 Å². The van der Waals surface area contributed by atoms with Crippen molar-refractivity contribution in [3.63, 3.8) is 0 Å². The molecule has 5 nitrogen and oxygen atoms in total. The number of methoxy groups -OCH3 is 1. The molecule has 2 heterocycles. The van der Waals surface area contributed by atoms with Crippen LogP contribution in [0.25, 0.3) is 0 Å². The van der Waals surface area contributed by atoms with E-state index >= 15 is 0 Å². The highest BCUT2D eigenvalue weighted by Gasteiger charge is 2.27. The molecule has 0 spiro atoms. The molecule has 0 aliphatic carbocycles. The molecule has 0 radical (unpaired) electrons. The number of aliphatic imine (C=N–C) groups is 1. The second-order valence-corrected chi connectivity index (χ2v) is 8.84. The maximum atomic E-state index is 5.26. The van der Waals surface area contributed by atoms with E-state index in [1.807, 2.05) is 11.8 Å². The average Bonchev–Trinajstić information content (AvgIpc) is 3.38. The molecule has 1 N–H and O–H groups in total. The number of hydrogen-bond acceptors (Lipinski definition) is 4. The summed E-state index contributed by atoms with van der Waals surface area (Å²) in [5.74, 6) is 3.03. The van der Waals surface area contributed by atoms with Crippen molar-refractivity contribution in [1.29, 1.82) is 0 Å². The Labute approximate surface area is 198 Å². The van der Waals surface area contributed by atoms with Crippen LogP contribution in [0.5, 0.6) is 0 Å². The van der Waals surface area contributed by atoms with E-state index in [1.54, 1.807) is 7.11 Å². The summed E-state index contributed by atoms with van der Waals surface area (Å²) in [6.07, 6.45) is 3.79. The zero-order chi connectivity index (χ0) is 19.6. The first-order valence-corrected chi connectivity index (χ1v) is 11.7. The summed E-state index contributed by atoms with van der Waals surface area (Å²) in [4.78, 5) is 11.4. The fraction of sp³-hybridized carbons (Fsp3) is 0.682. The molecule has 0 aromatic heterocycles. The van der Waals surface area contributed by atoms with Crippen LogP contribution in [0, 0.1) is 5.92 Å². The molecule has 7 heteroatoms. The van der Waals surface area contributed by atoms with Gasteiger partial charge in [-0.05, 0) is 50.8 Å². The van der Waals surface area contributed by atoms with Crippen LogP contribution in [0.3, 0.4) is 0 Å². The van der Waals surface area contributed by atoms with Gasteiger partial charge in [0.1, 0.15) is 0 Å². The van der Waals surface area contributed by atoms with Crippen molar-refractivity contribution in [1.82, 2.24) is 15.1 Å². The van der Waals surface area contributed by atoms with E-state index in [9.17, 15) is 0 Å². The molecule has 0 saturated carbocycles. The maximum absolute atomic E-state index is 5.26. The van der Waals surface area contributed by atoms with Crippen LogP contribution >= 0.6 is 35.7 Å². The number of guanidine groups is 1. The quantitative estimate of drug-likeness (QED) is 0.227. The summed E-state index contributed by atoms with van der Waals surface area (Å²) < 4.78 is 5.26. The van der Waals surface area contributed by atoms with E-state index in [0.29, 0.717) is 6.04 Å². The lowest BCUT2D eigenvalue weighted by Gasteiger charge is -2.25. The van der Waals surface area contributed by atoms with Crippen molar-refractivity contribution >= 4 is 41.7 Å². The van der Waals surface area contributed by atoms with Crippen LogP contribution in [-0.4, -0.2) is 80.5 Å². The smallest absolute Gasteiger partial charge is 0.193 e. The minimum Gasteiger partial charge on any atom is -0.383 e. The summed E-state index contributed by atoms with van der Waals surface area (Å²) >= 11 is 1.98. The Balaban J connectivity index is 0.00000300. The van der Waals surface area contributed by atoms with Gasteiger partial charge in [-0.3, -0.25) is 9.89 Å². The predicted octanol–water partition coefficient (Wildman–Crippen LogP) is 3.79. The molecule has 29 heavy (non-hydrogen) atoms. The summed E-state index contributed by atoms with van der Waals surface area (Å²) in [6.45, 7) is 9.23. The van der Waals surface area contributed by atoms with Gasteiger partial charge in [0.25, 0.3) is 0 Å². The number of hydrogen-bond donors (Lipinski definition) is 1. The van der Waals surface area contributed by atoms with Crippen LogP contribution in [0.15, 0.2) is 40.2 Å². The standard InChI is InChI=1S/C22H36N4OS.HI/c1-3-23-22(24-16-20-8-7-12-25(20)14-15-27-2)26-13-11-19(17-26)18-28-21-9-5-4-6-10-21;/h4-6,9-10,19-20H,3,7-8,11-18H2,1-2H3,(H,23,24);1H. The van der Waals surface area contributed by atoms with E-state index in [-0.39, 0.29) is 24.0 Å². The van der Waals surface area contributed by atoms with Gasteiger partial charge in [-0.25, -0.2) is 0 Å². The Morgan fingerprint density at radius 3 is 2.83 bits per heavy atom. The molecule has 3 rings (SSSR count). The largest absolute Gasteiger partial charge is 0.383 e. The first-order valence-electron chi connectivity index (χ1n) is 10.7. The number of benzene rings is 1. The van der Waals surface area contributed by atoms with E-state index < -0.39 is 0 Å². The first kappa shape index (κ1) is 24.8. The van der Waals surface area contributed by atoms with Gasteiger partial charge >= 0.3 is 0 Å². The van der Waals surface area contributed by atoms with Gasteiger partial charge in [0.2, 0.25) is 0 Å². The Bertz CT molecular complexity index is 604. The molecule has 0 amide bonds. The lowest BCUT2D eigenvalue weighted by Crippen LogP contribution is -2.41. The summed E-state index contributed by atoms with van der Waals surface area (Å²) in [5.41, 5.74) is 0. The maximum Gasteiger partial charge on any atom is 0.193 e. The van der Waals surface area contributed by atoms with Gasteiger partial charge in [-0.15, -0.1) is 35.7 Å². The number of thioether (sulfide) groups is 1. The average molecular weight is 533 g/mol. The highest BCUT2D eigenvalue weighted by Crippen LogP contribution is 2.26. The zero-order valence-electron chi connectivity index (χ0n) is 17.9. The Hall–Kier alpha value is -0.510. The van der Waals surface area contributed by atoms with Crippen molar-refractivity contribution in [2.24, 2.45) is 10.9 Å². The van der Waals surface area contributed by atoms with Gasteiger partial charge < -0.3 is 15.0 Å². The number of halogens is 1. The van der Waals surface area contributed by atoms with Crippen molar-refractivity contribution in [3.8, 4) is 0 Å². The first-order chi connectivity index (χ1) is 13.8. The van der Waals surface area contributed by atoms with Crippen molar-refractivity contribution in [2.75, 3.05) is 58.7 Å². The lowest BCUT2D eigenvalue weighted by atomic mass is 10.2. The van der Waals surface area contributed by atoms with Gasteiger partial charge in [0.05, 0.1) is 13.2 Å². The Morgan fingerprint density at radius 1 is 1.24 bits per heavy atom. The third-order valence-corrected chi connectivity index (χ3v) is 6.93. The molecule has 2 fully saturated rings.